The number of hydrogen-bond donors (Lipinski definition) is 1. The van der Waals surface area contributed by atoms with E-state index >= 15 is 0 Å². The summed E-state index contributed by atoms with van der Waals surface area (Å²) in [5.41, 5.74) is 2.40. The molecule has 0 aliphatic carbocycles. The summed E-state index contributed by atoms with van der Waals surface area (Å²) in [4.78, 5) is 9.42. The van der Waals surface area contributed by atoms with E-state index in [4.69, 9.17) is 0 Å². The van der Waals surface area contributed by atoms with Gasteiger partial charge in [-0.05, 0) is 31.0 Å². The third kappa shape index (κ3) is 2.06. The largest absolute Gasteiger partial charge is 0.309 e. The summed E-state index contributed by atoms with van der Waals surface area (Å²) in [5, 5.41) is 5.40. The highest BCUT2D eigenvalue weighted by atomic mass is 32.1. The lowest BCUT2D eigenvalue weighted by atomic mass is 10.0. The minimum atomic E-state index is 0.192. The highest BCUT2D eigenvalue weighted by Crippen LogP contribution is 2.26. The fourth-order valence-corrected chi connectivity index (χ4v) is 2.40. The predicted octanol–water partition coefficient (Wildman–Crippen LogP) is 2.16. The SMILES string of the molecule is CNC(c1cncnc1)c1ccsc1C. The Kier molecular flexibility index (Phi) is 3.08. The van der Waals surface area contributed by atoms with E-state index in [1.165, 1.54) is 10.4 Å². The fraction of sp³-hybridized carbons (Fsp3) is 0.273. The van der Waals surface area contributed by atoms with Gasteiger partial charge in [0.2, 0.25) is 0 Å². The van der Waals surface area contributed by atoms with Crippen molar-refractivity contribution in [1.82, 2.24) is 15.3 Å². The van der Waals surface area contributed by atoms with Gasteiger partial charge in [0.1, 0.15) is 6.33 Å². The minimum absolute atomic E-state index is 0.192. The molecule has 0 saturated heterocycles. The number of rotatable bonds is 3. The van der Waals surface area contributed by atoms with Gasteiger partial charge < -0.3 is 5.32 Å². The number of hydrogen-bond acceptors (Lipinski definition) is 4. The van der Waals surface area contributed by atoms with E-state index in [1.54, 1.807) is 17.7 Å². The van der Waals surface area contributed by atoms with Crippen LogP contribution in [0.15, 0.2) is 30.2 Å². The van der Waals surface area contributed by atoms with Crippen molar-refractivity contribution in [3.63, 3.8) is 0 Å². The lowest BCUT2D eigenvalue weighted by molar-refractivity contribution is 0.684. The van der Waals surface area contributed by atoms with Gasteiger partial charge >= 0.3 is 0 Å². The molecule has 2 aromatic rings. The molecule has 3 nitrogen and oxygen atoms in total. The molecule has 0 radical (unpaired) electrons. The van der Waals surface area contributed by atoms with E-state index in [0.29, 0.717) is 0 Å². The Morgan fingerprint density at radius 3 is 2.60 bits per heavy atom. The second kappa shape index (κ2) is 4.51. The van der Waals surface area contributed by atoms with Crippen LogP contribution >= 0.6 is 11.3 Å². The first-order valence-corrected chi connectivity index (χ1v) is 5.67. The maximum atomic E-state index is 4.05. The topological polar surface area (TPSA) is 37.8 Å². The van der Waals surface area contributed by atoms with Crippen LogP contribution in [0.3, 0.4) is 0 Å². The van der Waals surface area contributed by atoms with Crippen molar-refractivity contribution in [1.29, 1.82) is 0 Å². The van der Waals surface area contributed by atoms with E-state index in [1.807, 2.05) is 19.4 Å². The Morgan fingerprint density at radius 2 is 2.07 bits per heavy atom. The van der Waals surface area contributed by atoms with Crippen LogP contribution in [0.5, 0.6) is 0 Å². The summed E-state index contributed by atoms with van der Waals surface area (Å²) in [5.74, 6) is 0. The Morgan fingerprint density at radius 1 is 1.33 bits per heavy atom. The van der Waals surface area contributed by atoms with Crippen LogP contribution in [0.4, 0.5) is 0 Å². The monoisotopic (exact) mass is 219 g/mol. The summed E-state index contributed by atoms with van der Waals surface area (Å²) < 4.78 is 0. The maximum absolute atomic E-state index is 4.05. The van der Waals surface area contributed by atoms with Crippen molar-refractivity contribution >= 4 is 11.3 Å². The Balaban J connectivity index is 2.37. The van der Waals surface area contributed by atoms with Crippen LogP contribution in [0.1, 0.15) is 22.0 Å². The molecule has 0 aliphatic rings. The number of thiophene rings is 1. The zero-order valence-electron chi connectivity index (χ0n) is 8.77. The summed E-state index contributed by atoms with van der Waals surface area (Å²) in [6.07, 6.45) is 5.26. The van der Waals surface area contributed by atoms with Crippen LogP contribution in [-0.4, -0.2) is 17.0 Å². The zero-order valence-corrected chi connectivity index (χ0v) is 9.58. The van der Waals surface area contributed by atoms with Gasteiger partial charge in [-0.25, -0.2) is 9.97 Å². The molecule has 78 valence electrons. The molecule has 2 aromatic heterocycles. The van der Waals surface area contributed by atoms with Crippen molar-refractivity contribution in [3.8, 4) is 0 Å². The molecule has 0 fully saturated rings. The van der Waals surface area contributed by atoms with Crippen LogP contribution in [-0.2, 0) is 0 Å². The molecule has 0 aromatic carbocycles. The number of nitrogens with zero attached hydrogens (tertiary/aromatic N) is 2. The standard InChI is InChI=1S/C11H13N3S/c1-8-10(3-4-15-8)11(12-2)9-5-13-7-14-6-9/h3-7,11-12H,1-2H3. The van der Waals surface area contributed by atoms with Crippen LogP contribution in [0.25, 0.3) is 0 Å². The van der Waals surface area contributed by atoms with Gasteiger partial charge in [0.25, 0.3) is 0 Å². The van der Waals surface area contributed by atoms with E-state index in [-0.39, 0.29) is 6.04 Å². The van der Waals surface area contributed by atoms with E-state index in [2.05, 4.69) is 33.7 Å². The van der Waals surface area contributed by atoms with Crippen molar-refractivity contribution in [2.75, 3.05) is 7.05 Å². The van der Waals surface area contributed by atoms with Crippen LogP contribution in [0, 0.1) is 6.92 Å². The lowest BCUT2D eigenvalue weighted by Crippen LogP contribution is -2.18. The average Bonchev–Trinajstić information content (AvgIpc) is 2.68. The zero-order chi connectivity index (χ0) is 10.7. The van der Waals surface area contributed by atoms with Crippen molar-refractivity contribution in [2.24, 2.45) is 0 Å². The number of aryl methyl sites for hydroxylation is 1. The maximum Gasteiger partial charge on any atom is 0.115 e. The van der Waals surface area contributed by atoms with Gasteiger partial charge in [-0.2, -0.15) is 0 Å². The molecule has 1 N–H and O–H groups in total. The molecule has 0 amide bonds. The molecule has 0 saturated carbocycles. The van der Waals surface area contributed by atoms with Gasteiger partial charge in [0, 0.05) is 22.8 Å². The fourth-order valence-electron chi connectivity index (χ4n) is 1.66. The molecule has 0 bridgehead atoms. The average molecular weight is 219 g/mol. The van der Waals surface area contributed by atoms with Crippen LogP contribution in [0.2, 0.25) is 0 Å². The number of nitrogens with one attached hydrogen (secondary N) is 1. The second-order valence-electron chi connectivity index (χ2n) is 3.33. The van der Waals surface area contributed by atoms with Gasteiger partial charge in [0.05, 0.1) is 6.04 Å². The third-order valence-corrected chi connectivity index (χ3v) is 3.27. The molecular formula is C11H13N3S. The Bertz CT molecular complexity index is 424. The van der Waals surface area contributed by atoms with E-state index in [0.717, 1.165) is 5.56 Å². The summed E-state index contributed by atoms with van der Waals surface area (Å²) in [7, 11) is 1.95. The van der Waals surface area contributed by atoms with Crippen molar-refractivity contribution in [3.05, 3.63) is 46.2 Å². The lowest BCUT2D eigenvalue weighted by Gasteiger charge is -2.15. The Hall–Kier alpha value is -1.26. The normalized spacial score (nSPS) is 12.7. The Labute approximate surface area is 93.2 Å². The molecular weight excluding hydrogens is 206 g/mol. The molecule has 0 aliphatic heterocycles. The minimum Gasteiger partial charge on any atom is -0.309 e. The molecule has 2 heterocycles. The first-order valence-electron chi connectivity index (χ1n) is 4.79. The van der Waals surface area contributed by atoms with E-state index in [9.17, 15) is 0 Å². The quantitative estimate of drug-likeness (QED) is 0.859. The summed E-state index contributed by atoms with van der Waals surface area (Å²) in [6, 6.07) is 2.34. The van der Waals surface area contributed by atoms with Crippen LogP contribution < -0.4 is 5.32 Å². The highest BCUT2D eigenvalue weighted by molar-refractivity contribution is 7.10. The number of aromatic nitrogens is 2. The summed E-state index contributed by atoms with van der Waals surface area (Å²) in [6.45, 7) is 2.13. The van der Waals surface area contributed by atoms with Gasteiger partial charge in [-0.1, -0.05) is 0 Å². The summed E-state index contributed by atoms with van der Waals surface area (Å²) >= 11 is 1.76. The first-order chi connectivity index (χ1) is 7.33. The van der Waals surface area contributed by atoms with Gasteiger partial charge in [-0.15, -0.1) is 11.3 Å². The highest BCUT2D eigenvalue weighted by Gasteiger charge is 2.14. The predicted molar refractivity (Wildman–Crippen MR) is 62.0 cm³/mol. The van der Waals surface area contributed by atoms with E-state index < -0.39 is 0 Å². The first kappa shape index (κ1) is 10.3. The van der Waals surface area contributed by atoms with Crippen molar-refractivity contribution < 1.29 is 0 Å². The third-order valence-electron chi connectivity index (χ3n) is 2.41. The van der Waals surface area contributed by atoms with Gasteiger partial charge in [-0.3, -0.25) is 0 Å². The molecule has 2 rings (SSSR count). The molecule has 1 atom stereocenters. The van der Waals surface area contributed by atoms with Crippen molar-refractivity contribution in [2.45, 2.75) is 13.0 Å². The van der Waals surface area contributed by atoms with Gasteiger partial charge in [0.15, 0.2) is 0 Å². The molecule has 15 heavy (non-hydrogen) atoms. The molecule has 0 spiro atoms. The molecule has 4 heteroatoms. The second-order valence-corrected chi connectivity index (χ2v) is 4.45. The smallest absolute Gasteiger partial charge is 0.115 e. The molecule has 1 unspecified atom stereocenters.